The third-order valence-electron chi connectivity index (χ3n) is 5.59. The van der Waals surface area contributed by atoms with Gasteiger partial charge in [0.15, 0.2) is 0 Å². The Morgan fingerprint density at radius 1 is 1.29 bits per heavy atom. The number of carbonyl (C=O) groups is 1. The molecule has 0 unspecified atom stereocenters. The number of carbonyl (C=O) groups excluding carboxylic acids is 1. The Morgan fingerprint density at radius 3 is 3.04 bits per heavy atom. The first-order chi connectivity index (χ1) is 11.6. The van der Waals surface area contributed by atoms with Gasteiger partial charge in [0.2, 0.25) is 5.91 Å². The van der Waals surface area contributed by atoms with E-state index in [0.29, 0.717) is 18.5 Å². The summed E-state index contributed by atoms with van der Waals surface area (Å²) in [4.78, 5) is 19.2. The van der Waals surface area contributed by atoms with E-state index in [4.69, 9.17) is 4.98 Å². The van der Waals surface area contributed by atoms with Crippen LogP contribution in [0.3, 0.4) is 0 Å². The molecule has 5 nitrogen and oxygen atoms in total. The van der Waals surface area contributed by atoms with Gasteiger partial charge in [-0.1, -0.05) is 6.42 Å². The Balaban J connectivity index is 1.59. The zero-order valence-electron chi connectivity index (χ0n) is 14.6. The van der Waals surface area contributed by atoms with Crippen molar-refractivity contribution in [3.05, 3.63) is 35.3 Å². The van der Waals surface area contributed by atoms with E-state index in [-0.39, 0.29) is 5.91 Å². The van der Waals surface area contributed by atoms with Crippen LogP contribution >= 0.6 is 0 Å². The molecule has 0 radical (unpaired) electrons. The highest BCUT2D eigenvalue weighted by molar-refractivity contribution is 5.76. The lowest BCUT2D eigenvalue weighted by atomic mass is 9.98. The summed E-state index contributed by atoms with van der Waals surface area (Å²) in [6, 6.07) is 5.06. The number of likely N-dealkylation sites (tertiary alicyclic amines) is 1. The van der Waals surface area contributed by atoms with Gasteiger partial charge in [-0.2, -0.15) is 0 Å². The molecule has 4 heterocycles. The minimum absolute atomic E-state index is 0.230. The van der Waals surface area contributed by atoms with E-state index in [1.807, 2.05) is 0 Å². The lowest BCUT2D eigenvalue weighted by Gasteiger charge is -2.30. The van der Waals surface area contributed by atoms with Crippen molar-refractivity contribution in [2.24, 2.45) is 0 Å². The second-order valence-corrected chi connectivity index (χ2v) is 7.32. The van der Waals surface area contributed by atoms with E-state index in [9.17, 15) is 4.79 Å². The smallest absolute Gasteiger partial charge is 0.220 e. The molecule has 2 fully saturated rings. The van der Waals surface area contributed by atoms with Gasteiger partial charge in [-0.15, -0.1) is 0 Å². The quantitative estimate of drug-likeness (QED) is 0.923. The number of pyridine rings is 1. The van der Waals surface area contributed by atoms with Crippen molar-refractivity contribution in [1.29, 1.82) is 0 Å². The summed E-state index contributed by atoms with van der Waals surface area (Å²) in [7, 11) is 0. The Labute approximate surface area is 143 Å². The maximum atomic E-state index is 11.9. The molecule has 2 atom stereocenters. The van der Waals surface area contributed by atoms with Crippen LogP contribution in [0, 0.1) is 13.8 Å². The van der Waals surface area contributed by atoms with Crippen molar-refractivity contribution in [3.8, 4) is 0 Å². The first kappa shape index (κ1) is 15.6. The zero-order valence-corrected chi connectivity index (χ0v) is 14.6. The molecule has 0 spiro atoms. The maximum absolute atomic E-state index is 11.9. The van der Waals surface area contributed by atoms with Crippen LogP contribution in [0.15, 0.2) is 18.3 Å². The largest absolute Gasteiger partial charge is 0.352 e. The Bertz CT molecular complexity index is 766. The molecule has 2 aliphatic heterocycles. The van der Waals surface area contributed by atoms with Crippen molar-refractivity contribution < 1.29 is 4.79 Å². The van der Waals surface area contributed by atoms with Crippen molar-refractivity contribution in [2.45, 2.75) is 64.6 Å². The minimum atomic E-state index is 0.230. The standard InChI is InChI=1S/C19H26N4O/c1-13-7-10-23-17(14(2)20-18(23)11-13)12-22-9-8-15-16(22)5-3-4-6-19(24)21-15/h7,10-11,15-16H,3-6,8-9,12H2,1-2H3,(H,21,24)/t15-,16+/m0/s1. The van der Waals surface area contributed by atoms with Gasteiger partial charge in [0, 0.05) is 37.8 Å². The topological polar surface area (TPSA) is 49.6 Å². The van der Waals surface area contributed by atoms with Gasteiger partial charge in [0.25, 0.3) is 0 Å². The van der Waals surface area contributed by atoms with E-state index in [1.54, 1.807) is 0 Å². The molecule has 2 aliphatic rings. The highest BCUT2D eigenvalue weighted by atomic mass is 16.1. The number of imidazole rings is 1. The van der Waals surface area contributed by atoms with Crippen LogP contribution in [0.1, 0.15) is 49.1 Å². The number of nitrogens with one attached hydrogen (secondary N) is 1. The van der Waals surface area contributed by atoms with Gasteiger partial charge in [-0.05, 0) is 50.8 Å². The van der Waals surface area contributed by atoms with E-state index in [2.05, 4.69) is 46.8 Å². The molecule has 1 N–H and O–H groups in total. The third kappa shape index (κ3) is 2.81. The highest BCUT2D eigenvalue weighted by Crippen LogP contribution is 2.27. The van der Waals surface area contributed by atoms with Gasteiger partial charge in [0.05, 0.1) is 11.4 Å². The van der Waals surface area contributed by atoms with Crippen LogP contribution in [0.4, 0.5) is 0 Å². The summed E-state index contributed by atoms with van der Waals surface area (Å²) >= 11 is 0. The monoisotopic (exact) mass is 326 g/mol. The molecule has 128 valence electrons. The summed E-state index contributed by atoms with van der Waals surface area (Å²) in [6.07, 6.45) is 7.22. The van der Waals surface area contributed by atoms with Crippen LogP contribution in [0.25, 0.3) is 5.65 Å². The highest BCUT2D eigenvalue weighted by Gasteiger charge is 2.36. The molecule has 2 aromatic rings. The summed E-state index contributed by atoms with van der Waals surface area (Å²) in [5.41, 5.74) is 4.66. The Morgan fingerprint density at radius 2 is 2.17 bits per heavy atom. The van der Waals surface area contributed by atoms with Crippen LogP contribution in [-0.2, 0) is 11.3 Å². The first-order valence-electron chi connectivity index (χ1n) is 9.09. The molecule has 24 heavy (non-hydrogen) atoms. The average Bonchev–Trinajstić information content (AvgIpc) is 3.03. The molecule has 4 rings (SSSR count). The zero-order chi connectivity index (χ0) is 16.7. The molecule has 0 aromatic carbocycles. The predicted octanol–water partition coefficient (Wildman–Crippen LogP) is 2.58. The van der Waals surface area contributed by atoms with Crippen LogP contribution in [0.5, 0.6) is 0 Å². The van der Waals surface area contributed by atoms with E-state index in [1.165, 1.54) is 17.7 Å². The molecule has 5 heteroatoms. The molecular formula is C19H26N4O. The number of nitrogens with zero attached hydrogens (tertiary/aromatic N) is 3. The van der Waals surface area contributed by atoms with Gasteiger partial charge in [-0.3, -0.25) is 9.69 Å². The number of hydrogen-bond donors (Lipinski definition) is 1. The van der Waals surface area contributed by atoms with Crippen LogP contribution in [0.2, 0.25) is 0 Å². The number of aryl methyl sites for hydroxylation is 2. The number of rotatable bonds is 2. The van der Waals surface area contributed by atoms with Crippen LogP contribution in [-0.4, -0.2) is 38.8 Å². The minimum Gasteiger partial charge on any atom is -0.352 e. The van der Waals surface area contributed by atoms with Crippen molar-refractivity contribution in [3.63, 3.8) is 0 Å². The van der Waals surface area contributed by atoms with E-state index < -0.39 is 0 Å². The fraction of sp³-hybridized carbons (Fsp3) is 0.579. The van der Waals surface area contributed by atoms with Crippen molar-refractivity contribution in [1.82, 2.24) is 19.6 Å². The number of fused-ring (bicyclic) bond motifs is 2. The summed E-state index contributed by atoms with van der Waals surface area (Å²) < 4.78 is 2.22. The third-order valence-corrected chi connectivity index (χ3v) is 5.59. The average molecular weight is 326 g/mol. The second-order valence-electron chi connectivity index (χ2n) is 7.32. The Kier molecular flexibility index (Phi) is 4.04. The summed E-state index contributed by atoms with van der Waals surface area (Å²) in [5.74, 6) is 0.230. The van der Waals surface area contributed by atoms with Gasteiger partial charge < -0.3 is 9.72 Å². The van der Waals surface area contributed by atoms with Crippen molar-refractivity contribution >= 4 is 11.6 Å². The van der Waals surface area contributed by atoms with Gasteiger partial charge >= 0.3 is 0 Å². The van der Waals surface area contributed by atoms with Crippen LogP contribution < -0.4 is 5.32 Å². The fourth-order valence-electron chi connectivity index (χ4n) is 4.28. The number of amides is 1. The molecule has 1 amide bonds. The predicted molar refractivity (Wildman–Crippen MR) is 93.9 cm³/mol. The number of aromatic nitrogens is 2. The molecular weight excluding hydrogens is 300 g/mol. The lowest BCUT2D eigenvalue weighted by molar-refractivity contribution is -0.122. The van der Waals surface area contributed by atoms with Gasteiger partial charge in [0.1, 0.15) is 5.65 Å². The molecule has 0 saturated carbocycles. The summed E-state index contributed by atoms with van der Waals surface area (Å²) in [5, 5.41) is 3.25. The summed E-state index contributed by atoms with van der Waals surface area (Å²) in [6.45, 7) is 6.16. The molecule has 0 aliphatic carbocycles. The van der Waals surface area contributed by atoms with E-state index >= 15 is 0 Å². The number of hydrogen-bond acceptors (Lipinski definition) is 3. The normalized spacial score (nSPS) is 25.3. The van der Waals surface area contributed by atoms with Gasteiger partial charge in [-0.25, -0.2) is 4.98 Å². The Hall–Kier alpha value is -1.88. The van der Waals surface area contributed by atoms with E-state index in [0.717, 1.165) is 43.7 Å². The maximum Gasteiger partial charge on any atom is 0.220 e. The SMILES string of the molecule is Cc1ccn2c(CN3CC[C@@H]4NC(=O)CCCC[C@H]43)c(C)nc2c1. The molecule has 0 bridgehead atoms. The molecule has 2 saturated heterocycles. The second kappa shape index (κ2) is 6.20. The van der Waals surface area contributed by atoms with Crippen molar-refractivity contribution in [2.75, 3.05) is 6.54 Å². The fourth-order valence-corrected chi connectivity index (χ4v) is 4.28. The molecule has 2 aromatic heterocycles. The lowest BCUT2D eigenvalue weighted by Crippen LogP contribution is -2.45. The first-order valence-corrected chi connectivity index (χ1v) is 9.09.